The van der Waals surface area contributed by atoms with Gasteiger partial charge in [-0.25, -0.2) is 4.39 Å². The van der Waals surface area contributed by atoms with Crippen LogP contribution in [0, 0.1) is 23.5 Å². The van der Waals surface area contributed by atoms with Crippen LogP contribution in [0.5, 0.6) is 5.75 Å². The predicted molar refractivity (Wildman–Crippen MR) is 99.5 cm³/mol. The summed E-state index contributed by atoms with van der Waals surface area (Å²) in [6.45, 7) is 4.62. The summed E-state index contributed by atoms with van der Waals surface area (Å²) in [6, 6.07) is 3.23. The number of ether oxygens (including phenoxy) is 2. The fraction of sp³-hybridized carbons (Fsp3) is 0.636. The highest BCUT2D eigenvalue weighted by Crippen LogP contribution is 2.43. The van der Waals surface area contributed by atoms with Gasteiger partial charge in [-0.15, -0.1) is 6.58 Å². The Bertz CT molecular complexity index is 600. The van der Waals surface area contributed by atoms with Crippen molar-refractivity contribution in [1.29, 1.82) is 0 Å². The largest absolute Gasteiger partial charge is 0.494 e. The first-order valence-electron chi connectivity index (χ1n) is 9.88. The molecule has 1 heterocycles. The molecule has 3 rings (SSSR count). The van der Waals surface area contributed by atoms with Crippen LogP contribution in [0.1, 0.15) is 62.8 Å². The van der Waals surface area contributed by atoms with Gasteiger partial charge in [0.15, 0.2) is 11.6 Å². The summed E-state index contributed by atoms with van der Waals surface area (Å²) >= 11 is 0. The van der Waals surface area contributed by atoms with Crippen molar-refractivity contribution in [3.05, 3.63) is 42.0 Å². The van der Waals surface area contributed by atoms with Crippen LogP contribution >= 0.6 is 0 Å². The molecule has 1 saturated carbocycles. The quantitative estimate of drug-likeness (QED) is 0.576. The fourth-order valence-corrected chi connectivity index (χ4v) is 4.65. The van der Waals surface area contributed by atoms with E-state index in [1.54, 1.807) is 6.07 Å². The molecular formula is C22H30F2O2. The fourth-order valence-electron chi connectivity index (χ4n) is 4.65. The van der Waals surface area contributed by atoms with Gasteiger partial charge in [0.05, 0.1) is 19.8 Å². The van der Waals surface area contributed by atoms with E-state index in [1.807, 2.05) is 6.08 Å². The van der Waals surface area contributed by atoms with E-state index in [0.29, 0.717) is 23.5 Å². The number of hydrogen-bond acceptors (Lipinski definition) is 2. The average Bonchev–Trinajstić information content (AvgIpc) is 2.69. The minimum Gasteiger partial charge on any atom is -0.494 e. The molecule has 1 saturated heterocycles. The Morgan fingerprint density at radius 3 is 2.42 bits per heavy atom. The lowest BCUT2D eigenvalue weighted by Gasteiger charge is -2.38. The van der Waals surface area contributed by atoms with Gasteiger partial charge in [-0.05, 0) is 80.8 Å². The Labute approximate surface area is 155 Å². The Hall–Kier alpha value is -1.42. The van der Waals surface area contributed by atoms with Gasteiger partial charge in [0.1, 0.15) is 0 Å². The van der Waals surface area contributed by atoms with Gasteiger partial charge >= 0.3 is 0 Å². The van der Waals surface area contributed by atoms with Crippen molar-refractivity contribution in [3.8, 4) is 5.75 Å². The van der Waals surface area contributed by atoms with Crippen molar-refractivity contribution in [2.45, 2.75) is 63.4 Å². The molecule has 26 heavy (non-hydrogen) atoms. The second-order valence-electron chi connectivity index (χ2n) is 7.76. The van der Waals surface area contributed by atoms with Crippen LogP contribution in [0.3, 0.4) is 0 Å². The first-order valence-corrected chi connectivity index (χ1v) is 9.88. The molecule has 0 amide bonds. The molecule has 2 nitrogen and oxygen atoms in total. The Balaban J connectivity index is 1.52. The van der Waals surface area contributed by atoms with Crippen molar-refractivity contribution < 1.29 is 18.3 Å². The average molecular weight is 364 g/mol. The zero-order valence-electron chi connectivity index (χ0n) is 15.7. The number of methoxy groups -OCH3 is 1. The summed E-state index contributed by atoms with van der Waals surface area (Å²) in [5.74, 6) is -0.245. The van der Waals surface area contributed by atoms with E-state index in [4.69, 9.17) is 9.47 Å². The number of allylic oxidation sites excluding steroid dienone is 1. The van der Waals surface area contributed by atoms with Crippen LogP contribution in [-0.4, -0.2) is 19.8 Å². The van der Waals surface area contributed by atoms with E-state index >= 15 is 0 Å². The summed E-state index contributed by atoms with van der Waals surface area (Å²) in [5.41, 5.74) is 0.506. The highest BCUT2D eigenvalue weighted by Gasteiger charge is 2.32. The zero-order chi connectivity index (χ0) is 18.5. The molecule has 2 aliphatic rings. The molecule has 0 N–H and O–H groups in total. The molecule has 1 aliphatic heterocycles. The van der Waals surface area contributed by atoms with Crippen LogP contribution in [0.25, 0.3) is 0 Å². The molecule has 1 aromatic carbocycles. The van der Waals surface area contributed by atoms with Crippen LogP contribution in [0.2, 0.25) is 0 Å². The molecule has 0 bridgehead atoms. The van der Waals surface area contributed by atoms with Crippen LogP contribution in [0.4, 0.5) is 8.78 Å². The molecule has 0 aromatic heterocycles. The van der Waals surface area contributed by atoms with E-state index in [0.717, 1.165) is 51.6 Å². The minimum atomic E-state index is -0.863. The number of rotatable bonds is 6. The van der Waals surface area contributed by atoms with Crippen LogP contribution in [-0.2, 0) is 4.74 Å². The lowest BCUT2D eigenvalue weighted by Crippen LogP contribution is -2.32. The Kier molecular flexibility index (Phi) is 6.68. The Morgan fingerprint density at radius 2 is 1.81 bits per heavy atom. The molecule has 144 valence electrons. The first-order chi connectivity index (χ1) is 12.6. The van der Waals surface area contributed by atoms with Crippen molar-refractivity contribution in [3.63, 3.8) is 0 Å². The van der Waals surface area contributed by atoms with Crippen LogP contribution in [0.15, 0.2) is 24.8 Å². The summed E-state index contributed by atoms with van der Waals surface area (Å²) in [4.78, 5) is 0. The molecule has 2 fully saturated rings. The standard InChI is InChI=1S/C22H30F2O2/c1-3-4-5-18-11-10-17(14-26-18)15-6-8-16(9-7-15)19-12-13-20(25-2)22(24)21(19)23/h3,12-13,15-18H,1,4-11,14H2,2H3. The second-order valence-corrected chi connectivity index (χ2v) is 7.76. The summed E-state index contributed by atoms with van der Waals surface area (Å²) < 4.78 is 39.2. The van der Waals surface area contributed by atoms with E-state index in [1.165, 1.54) is 19.6 Å². The number of halogens is 2. The minimum absolute atomic E-state index is 0.0229. The lowest BCUT2D eigenvalue weighted by atomic mass is 9.72. The maximum Gasteiger partial charge on any atom is 0.200 e. The third-order valence-electron chi connectivity index (χ3n) is 6.27. The van der Waals surface area contributed by atoms with Crippen LogP contribution < -0.4 is 4.74 Å². The first kappa shape index (κ1) is 19.3. The second kappa shape index (κ2) is 8.98. The lowest BCUT2D eigenvalue weighted by molar-refractivity contribution is -0.0402. The van der Waals surface area contributed by atoms with E-state index in [2.05, 4.69) is 6.58 Å². The zero-order valence-corrected chi connectivity index (χ0v) is 15.7. The smallest absolute Gasteiger partial charge is 0.200 e. The van der Waals surface area contributed by atoms with Crippen molar-refractivity contribution >= 4 is 0 Å². The van der Waals surface area contributed by atoms with E-state index in [9.17, 15) is 8.78 Å². The molecular weight excluding hydrogens is 334 g/mol. The summed E-state index contributed by atoms with van der Waals surface area (Å²) in [6.07, 6.45) is 10.8. The summed E-state index contributed by atoms with van der Waals surface area (Å²) in [7, 11) is 1.36. The van der Waals surface area contributed by atoms with Gasteiger partial charge in [-0.3, -0.25) is 0 Å². The molecule has 4 heteroatoms. The normalized spacial score (nSPS) is 29.3. The molecule has 1 aliphatic carbocycles. The van der Waals surface area contributed by atoms with Gasteiger partial charge < -0.3 is 9.47 Å². The number of benzene rings is 1. The van der Waals surface area contributed by atoms with Crippen molar-refractivity contribution in [1.82, 2.24) is 0 Å². The SMILES string of the molecule is C=CCCC1CCC(C2CCC(c3ccc(OC)c(F)c3F)CC2)CO1. The Morgan fingerprint density at radius 1 is 1.08 bits per heavy atom. The maximum atomic E-state index is 14.3. The molecule has 2 atom stereocenters. The van der Waals surface area contributed by atoms with E-state index < -0.39 is 11.6 Å². The van der Waals surface area contributed by atoms with E-state index in [-0.39, 0.29) is 11.7 Å². The topological polar surface area (TPSA) is 18.5 Å². The van der Waals surface area contributed by atoms with Crippen molar-refractivity contribution in [2.24, 2.45) is 11.8 Å². The molecule has 2 unspecified atom stereocenters. The highest BCUT2D eigenvalue weighted by atomic mass is 19.2. The molecule has 1 aromatic rings. The van der Waals surface area contributed by atoms with Gasteiger partial charge in [0, 0.05) is 0 Å². The van der Waals surface area contributed by atoms with Gasteiger partial charge in [-0.1, -0.05) is 12.1 Å². The maximum absolute atomic E-state index is 14.3. The monoisotopic (exact) mass is 364 g/mol. The molecule has 0 radical (unpaired) electrons. The molecule has 0 spiro atoms. The van der Waals surface area contributed by atoms with Crippen molar-refractivity contribution in [2.75, 3.05) is 13.7 Å². The number of hydrogen-bond donors (Lipinski definition) is 0. The third kappa shape index (κ3) is 4.28. The predicted octanol–water partition coefficient (Wildman–Crippen LogP) is 6.01. The van der Waals surface area contributed by atoms with Gasteiger partial charge in [0.2, 0.25) is 5.82 Å². The third-order valence-corrected chi connectivity index (χ3v) is 6.27. The van der Waals surface area contributed by atoms with Gasteiger partial charge in [0.25, 0.3) is 0 Å². The summed E-state index contributed by atoms with van der Waals surface area (Å²) in [5, 5.41) is 0. The highest BCUT2D eigenvalue weighted by molar-refractivity contribution is 5.33. The van der Waals surface area contributed by atoms with Gasteiger partial charge in [-0.2, -0.15) is 4.39 Å².